The van der Waals surface area contributed by atoms with Crippen LogP contribution in [0.4, 0.5) is 5.69 Å². The zero-order valence-corrected chi connectivity index (χ0v) is 13.1. The summed E-state index contributed by atoms with van der Waals surface area (Å²) in [5.41, 5.74) is -0.355. The number of hydrogen-bond donors (Lipinski definition) is 2. The zero-order chi connectivity index (χ0) is 17.8. The molecule has 1 saturated heterocycles. The minimum absolute atomic E-state index is 0.0419. The number of hydrogen-bond acceptors (Lipinski definition) is 7. The molecule has 2 heterocycles. The first kappa shape index (κ1) is 16.5. The Morgan fingerprint density at radius 3 is 2.60 bits per heavy atom. The molecule has 1 aliphatic rings. The molecule has 11 nitrogen and oxygen atoms in total. The van der Waals surface area contributed by atoms with Crippen LogP contribution in [0.3, 0.4) is 0 Å². The lowest BCUT2D eigenvalue weighted by molar-refractivity contribution is -0.384. The third kappa shape index (κ3) is 3.61. The van der Waals surface area contributed by atoms with E-state index >= 15 is 0 Å². The fraction of sp³-hybridized carbons (Fsp3) is 0.286. The lowest BCUT2D eigenvalue weighted by Gasteiger charge is -2.26. The smallest absolute Gasteiger partial charge is 0.320 e. The van der Waals surface area contributed by atoms with Crippen LogP contribution in [0.1, 0.15) is 16.1 Å². The summed E-state index contributed by atoms with van der Waals surface area (Å²) in [4.78, 5) is 37.0. The van der Waals surface area contributed by atoms with Crippen LogP contribution in [-0.4, -0.2) is 63.2 Å². The fourth-order valence-electron chi connectivity index (χ4n) is 2.33. The van der Waals surface area contributed by atoms with E-state index in [1.165, 1.54) is 30.5 Å². The van der Waals surface area contributed by atoms with E-state index in [-0.39, 0.29) is 11.4 Å². The van der Waals surface area contributed by atoms with Crippen molar-refractivity contribution >= 4 is 17.8 Å². The summed E-state index contributed by atoms with van der Waals surface area (Å²) in [6, 6.07) is 5.65. The number of carbonyl (C=O) groups excluding carboxylic acids is 1. The van der Waals surface area contributed by atoms with Crippen LogP contribution in [0.5, 0.6) is 0 Å². The second kappa shape index (κ2) is 7.05. The lowest BCUT2D eigenvalue weighted by Crippen LogP contribution is -2.47. The van der Waals surface area contributed by atoms with Gasteiger partial charge in [-0.15, -0.1) is 9.89 Å². The number of nitrogens with one attached hydrogen (secondary N) is 2. The van der Waals surface area contributed by atoms with Gasteiger partial charge in [-0.1, -0.05) is 0 Å². The topological polar surface area (TPSA) is 139 Å². The van der Waals surface area contributed by atoms with Crippen molar-refractivity contribution in [2.45, 2.75) is 0 Å². The number of non-ortho nitro benzene ring substituents is 1. The Bertz CT molecular complexity index is 862. The first-order valence-corrected chi connectivity index (χ1v) is 7.52. The van der Waals surface area contributed by atoms with E-state index in [1.54, 1.807) is 4.90 Å². The number of aromatic amines is 1. The van der Waals surface area contributed by atoms with Crippen molar-refractivity contribution in [3.8, 4) is 0 Å². The molecule has 2 aromatic rings. The Labute approximate surface area is 141 Å². The van der Waals surface area contributed by atoms with Crippen molar-refractivity contribution in [3.05, 3.63) is 56.0 Å². The van der Waals surface area contributed by atoms with Gasteiger partial charge in [0.05, 0.1) is 11.1 Å². The molecule has 1 amide bonds. The predicted molar refractivity (Wildman–Crippen MR) is 87.7 cm³/mol. The van der Waals surface area contributed by atoms with Crippen LogP contribution in [-0.2, 0) is 0 Å². The third-order valence-corrected chi connectivity index (χ3v) is 3.68. The molecule has 11 heteroatoms. The Balaban J connectivity index is 1.75. The summed E-state index contributed by atoms with van der Waals surface area (Å²) in [5.74, 6) is -0.438. The van der Waals surface area contributed by atoms with Gasteiger partial charge in [-0.25, -0.2) is 0 Å². The number of amides is 1. The third-order valence-electron chi connectivity index (χ3n) is 3.68. The maximum atomic E-state index is 12.3. The van der Waals surface area contributed by atoms with Gasteiger partial charge in [-0.05, 0) is 17.7 Å². The molecule has 130 valence electrons. The minimum atomic E-state index is -0.651. The number of nitro benzene ring substituents is 1. The van der Waals surface area contributed by atoms with Crippen molar-refractivity contribution < 1.29 is 9.72 Å². The Kier molecular flexibility index (Phi) is 4.66. The van der Waals surface area contributed by atoms with Gasteiger partial charge in [0.2, 0.25) is 5.69 Å². The number of benzene rings is 1. The summed E-state index contributed by atoms with van der Waals surface area (Å²) in [6.45, 7) is 2.36. The first-order chi connectivity index (χ1) is 12.1. The average Bonchev–Trinajstić information content (AvgIpc) is 3.01. The molecule has 0 spiro atoms. The Morgan fingerprint density at radius 2 is 1.96 bits per heavy atom. The van der Waals surface area contributed by atoms with Gasteiger partial charge in [-0.3, -0.25) is 19.7 Å². The molecule has 0 bridgehead atoms. The van der Waals surface area contributed by atoms with Gasteiger partial charge >= 0.3 is 5.56 Å². The number of nitro groups is 1. The second-order valence-corrected chi connectivity index (χ2v) is 5.31. The normalized spacial score (nSPS) is 14.8. The van der Waals surface area contributed by atoms with Crippen molar-refractivity contribution in [1.29, 1.82) is 0 Å². The van der Waals surface area contributed by atoms with Crippen molar-refractivity contribution in [1.82, 2.24) is 25.3 Å². The van der Waals surface area contributed by atoms with Gasteiger partial charge in [0.15, 0.2) is 0 Å². The van der Waals surface area contributed by atoms with E-state index in [0.717, 1.165) is 4.79 Å². The largest absolute Gasteiger partial charge is 0.335 e. The maximum Gasteiger partial charge on any atom is 0.320 e. The fourth-order valence-corrected chi connectivity index (χ4v) is 2.33. The maximum absolute atomic E-state index is 12.3. The molecular weight excluding hydrogens is 330 g/mol. The van der Waals surface area contributed by atoms with Gasteiger partial charge in [-0.2, -0.15) is 10.3 Å². The Hall–Kier alpha value is -3.34. The standard InChI is InChI=1S/C14H15N7O4/c22-13(19-7-5-15-6-8-19)12-14(23)20(18-17-12)16-9-10-1-3-11(4-2-10)21(24)25/h1-4,9,15,18H,5-8H2. The quantitative estimate of drug-likeness (QED) is 0.431. The predicted octanol–water partition coefficient (Wildman–Crippen LogP) is -0.593. The molecule has 3 rings (SSSR count). The second-order valence-electron chi connectivity index (χ2n) is 5.31. The molecule has 0 aliphatic carbocycles. The molecule has 0 radical (unpaired) electrons. The van der Waals surface area contributed by atoms with E-state index in [1.807, 2.05) is 0 Å². The van der Waals surface area contributed by atoms with Crippen LogP contribution in [0, 0.1) is 10.1 Å². The molecule has 0 atom stereocenters. The highest BCUT2D eigenvalue weighted by atomic mass is 16.6. The highest BCUT2D eigenvalue weighted by Gasteiger charge is 2.24. The number of rotatable bonds is 4. The van der Waals surface area contributed by atoms with Crippen LogP contribution >= 0.6 is 0 Å². The van der Waals surface area contributed by atoms with E-state index in [4.69, 9.17) is 0 Å². The minimum Gasteiger partial charge on any atom is -0.335 e. The van der Waals surface area contributed by atoms with Crippen molar-refractivity contribution in [2.75, 3.05) is 26.2 Å². The summed E-state index contributed by atoms with van der Waals surface area (Å²) in [5, 5.41) is 23.8. The van der Waals surface area contributed by atoms with Gasteiger partial charge < -0.3 is 10.2 Å². The van der Waals surface area contributed by atoms with Crippen LogP contribution in [0.15, 0.2) is 34.2 Å². The van der Waals surface area contributed by atoms with E-state index in [9.17, 15) is 19.7 Å². The number of nitrogens with zero attached hydrogens (tertiary/aromatic N) is 5. The molecular formula is C14H15N7O4. The van der Waals surface area contributed by atoms with Crippen LogP contribution in [0.25, 0.3) is 0 Å². The highest BCUT2D eigenvalue weighted by Crippen LogP contribution is 2.10. The summed E-state index contributed by atoms with van der Waals surface area (Å²) < 4.78 is 0. The molecule has 0 unspecified atom stereocenters. The molecule has 2 N–H and O–H groups in total. The van der Waals surface area contributed by atoms with E-state index in [0.29, 0.717) is 31.7 Å². The monoisotopic (exact) mass is 345 g/mol. The molecule has 1 aromatic carbocycles. The zero-order valence-electron chi connectivity index (χ0n) is 13.1. The number of aromatic nitrogens is 3. The number of H-pyrrole nitrogens is 1. The van der Waals surface area contributed by atoms with Gasteiger partial charge in [0, 0.05) is 38.3 Å². The SMILES string of the molecule is O=C(c1n[nH]n(N=Cc2ccc([N+](=O)[O-])cc2)c1=O)N1CCNCC1. The highest BCUT2D eigenvalue weighted by molar-refractivity contribution is 5.92. The van der Waals surface area contributed by atoms with Gasteiger partial charge in [0.25, 0.3) is 11.6 Å². The molecule has 0 saturated carbocycles. The lowest BCUT2D eigenvalue weighted by atomic mass is 10.2. The van der Waals surface area contributed by atoms with Gasteiger partial charge in [0.1, 0.15) is 0 Å². The molecule has 1 aliphatic heterocycles. The Morgan fingerprint density at radius 1 is 1.28 bits per heavy atom. The van der Waals surface area contributed by atoms with Crippen LogP contribution < -0.4 is 10.9 Å². The van der Waals surface area contributed by atoms with Crippen molar-refractivity contribution in [2.24, 2.45) is 5.10 Å². The molecule has 1 fully saturated rings. The van der Waals surface area contributed by atoms with E-state index < -0.39 is 16.4 Å². The summed E-state index contributed by atoms with van der Waals surface area (Å²) >= 11 is 0. The summed E-state index contributed by atoms with van der Waals surface area (Å²) in [6.07, 6.45) is 1.34. The molecule has 25 heavy (non-hydrogen) atoms. The first-order valence-electron chi connectivity index (χ1n) is 7.52. The van der Waals surface area contributed by atoms with Crippen LogP contribution in [0.2, 0.25) is 0 Å². The average molecular weight is 345 g/mol. The number of piperazine rings is 1. The molecule has 1 aromatic heterocycles. The summed E-state index contributed by atoms with van der Waals surface area (Å²) in [7, 11) is 0. The van der Waals surface area contributed by atoms with E-state index in [2.05, 4.69) is 20.7 Å². The van der Waals surface area contributed by atoms with Crippen molar-refractivity contribution in [3.63, 3.8) is 0 Å². The number of carbonyl (C=O) groups is 1.